The first-order chi connectivity index (χ1) is 15.1. The molecule has 4 rings (SSSR count). The number of carbonyl (C=O) groups is 1. The Hall–Kier alpha value is -2.98. The van der Waals surface area contributed by atoms with Crippen LogP contribution in [0.2, 0.25) is 0 Å². The Bertz CT molecular complexity index is 1040. The van der Waals surface area contributed by atoms with Crippen molar-refractivity contribution in [1.82, 2.24) is 9.88 Å². The summed E-state index contributed by atoms with van der Waals surface area (Å²) in [5.41, 5.74) is 2.57. The number of aliphatic hydroxyl groups is 1. The third-order valence-electron chi connectivity index (χ3n) is 6.63. The van der Waals surface area contributed by atoms with E-state index in [2.05, 4.69) is 18.5 Å². The quantitative estimate of drug-likeness (QED) is 0.560. The van der Waals surface area contributed by atoms with Gasteiger partial charge in [0.25, 0.3) is 5.91 Å². The van der Waals surface area contributed by atoms with Gasteiger partial charge in [0.1, 0.15) is 0 Å². The highest BCUT2D eigenvalue weighted by Crippen LogP contribution is 2.36. The lowest BCUT2D eigenvalue weighted by Crippen LogP contribution is -2.43. The van der Waals surface area contributed by atoms with Crippen molar-refractivity contribution in [2.45, 2.75) is 25.9 Å². The first-order valence-corrected chi connectivity index (χ1v) is 11.1. The number of fused-ring (bicyclic) bond motifs is 1. The van der Waals surface area contributed by atoms with Gasteiger partial charge < -0.3 is 10.0 Å². The van der Waals surface area contributed by atoms with Crippen LogP contribution in [0.4, 0.5) is 0 Å². The van der Waals surface area contributed by atoms with Gasteiger partial charge in [-0.25, -0.2) is 0 Å². The Balaban J connectivity index is 1.44. The molecule has 1 saturated heterocycles. The van der Waals surface area contributed by atoms with E-state index in [4.69, 9.17) is 0 Å². The number of para-hydroxylation sites is 1. The molecule has 31 heavy (non-hydrogen) atoms. The van der Waals surface area contributed by atoms with Gasteiger partial charge in [-0.05, 0) is 60.4 Å². The van der Waals surface area contributed by atoms with Gasteiger partial charge >= 0.3 is 0 Å². The normalized spacial score (nSPS) is 20.9. The Kier molecular flexibility index (Phi) is 6.47. The summed E-state index contributed by atoms with van der Waals surface area (Å²) in [6.45, 7) is 7.58. The summed E-state index contributed by atoms with van der Waals surface area (Å²) in [7, 11) is 0. The lowest BCUT2D eigenvalue weighted by Gasteiger charge is -2.39. The summed E-state index contributed by atoms with van der Waals surface area (Å²) in [6, 6.07) is 19.3. The molecular formula is C27H30N2O2. The topological polar surface area (TPSA) is 53.4 Å². The van der Waals surface area contributed by atoms with E-state index in [0.717, 1.165) is 41.4 Å². The largest absolute Gasteiger partial charge is 0.388 e. The molecule has 0 spiro atoms. The van der Waals surface area contributed by atoms with E-state index in [-0.39, 0.29) is 17.7 Å². The van der Waals surface area contributed by atoms with E-state index in [0.29, 0.717) is 12.5 Å². The minimum absolute atomic E-state index is 0.0854. The van der Waals surface area contributed by atoms with Crippen LogP contribution < -0.4 is 0 Å². The predicted octanol–water partition coefficient (Wildman–Crippen LogP) is 5.26. The second kappa shape index (κ2) is 9.44. The first kappa shape index (κ1) is 21.3. The zero-order valence-corrected chi connectivity index (χ0v) is 18.0. The van der Waals surface area contributed by atoms with E-state index >= 15 is 0 Å². The molecule has 1 amide bonds. The van der Waals surface area contributed by atoms with Crippen LogP contribution in [-0.4, -0.2) is 34.0 Å². The average molecular weight is 415 g/mol. The van der Waals surface area contributed by atoms with Crippen LogP contribution in [0.15, 0.2) is 79.5 Å². The highest BCUT2D eigenvalue weighted by molar-refractivity contribution is 5.94. The van der Waals surface area contributed by atoms with Gasteiger partial charge in [-0.15, -0.1) is 6.58 Å². The molecule has 0 aliphatic carbocycles. The predicted molar refractivity (Wildman–Crippen MR) is 125 cm³/mol. The molecule has 2 aromatic carbocycles. The van der Waals surface area contributed by atoms with Crippen molar-refractivity contribution in [3.05, 3.63) is 90.6 Å². The smallest absolute Gasteiger partial charge is 0.253 e. The van der Waals surface area contributed by atoms with Crippen molar-refractivity contribution >= 4 is 16.8 Å². The molecule has 4 nitrogen and oxygen atoms in total. The van der Waals surface area contributed by atoms with E-state index in [1.165, 1.54) is 0 Å². The monoisotopic (exact) mass is 414 g/mol. The van der Waals surface area contributed by atoms with E-state index in [1.54, 1.807) is 6.20 Å². The molecule has 1 N–H and O–H groups in total. The molecule has 3 aromatic rings. The number of aromatic nitrogens is 1. The highest BCUT2D eigenvalue weighted by Gasteiger charge is 2.32. The van der Waals surface area contributed by atoms with Crippen molar-refractivity contribution in [2.75, 3.05) is 13.1 Å². The highest BCUT2D eigenvalue weighted by atomic mass is 16.3. The number of amides is 1. The number of hydrogen-bond acceptors (Lipinski definition) is 3. The van der Waals surface area contributed by atoms with Gasteiger partial charge in [0.2, 0.25) is 0 Å². The Morgan fingerprint density at radius 3 is 2.71 bits per heavy atom. The summed E-state index contributed by atoms with van der Waals surface area (Å²) >= 11 is 0. The summed E-state index contributed by atoms with van der Waals surface area (Å²) < 4.78 is 0. The Morgan fingerprint density at radius 2 is 1.94 bits per heavy atom. The Labute approximate surface area is 184 Å². The molecule has 4 unspecified atom stereocenters. The lowest BCUT2D eigenvalue weighted by atomic mass is 9.77. The second-order valence-corrected chi connectivity index (χ2v) is 8.64. The first-order valence-electron chi connectivity index (χ1n) is 11.1. The van der Waals surface area contributed by atoms with Crippen LogP contribution >= 0.6 is 0 Å². The average Bonchev–Trinajstić information content (AvgIpc) is 2.83. The molecular weight excluding hydrogens is 384 g/mol. The van der Waals surface area contributed by atoms with E-state index in [9.17, 15) is 9.90 Å². The molecule has 0 bridgehead atoms. The SMILES string of the molecule is C=CC1CN(C(=O)c2ccccc2)CCC1CC(C)C(O)c1ccnc2ccccc12. The number of hydrogen-bond donors (Lipinski definition) is 1. The summed E-state index contributed by atoms with van der Waals surface area (Å²) in [4.78, 5) is 19.2. The summed E-state index contributed by atoms with van der Waals surface area (Å²) in [5.74, 6) is 0.803. The fourth-order valence-corrected chi connectivity index (χ4v) is 4.83. The van der Waals surface area contributed by atoms with Crippen molar-refractivity contribution in [1.29, 1.82) is 0 Å². The number of likely N-dealkylation sites (tertiary alicyclic amines) is 1. The summed E-state index contributed by atoms with van der Waals surface area (Å²) in [5, 5.41) is 12.2. The lowest BCUT2D eigenvalue weighted by molar-refractivity contribution is 0.0542. The van der Waals surface area contributed by atoms with Crippen LogP contribution in [0, 0.1) is 17.8 Å². The van der Waals surface area contributed by atoms with Crippen LogP contribution in [0.25, 0.3) is 10.9 Å². The molecule has 1 aliphatic heterocycles. The number of nitrogens with zero attached hydrogens (tertiary/aromatic N) is 2. The number of carbonyl (C=O) groups excluding carboxylic acids is 1. The minimum Gasteiger partial charge on any atom is -0.388 e. The van der Waals surface area contributed by atoms with Crippen molar-refractivity contribution in [3.63, 3.8) is 0 Å². The zero-order valence-electron chi connectivity index (χ0n) is 18.0. The molecule has 4 heteroatoms. The number of piperidine rings is 1. The van der Waals surface area contributed by atoms with Gasteiger partial charge in [-0.1, -0.05) is 49.4 Å². The Morgan fingerprint density at radius 1 is 1.19 bits per heavy atom. The molecule has 0 saturated carbocycles. The zero-order chi connectivity index (χ0) is 21.8. The van der Waals surface area contributed by atoms with Gasteiger partial charge in [-0.3, -0.25) is 9.78 Å². The maximum atomic E-state index is 12.9. The number of pyridine rings is 1. The second-order valence-electron chi connectivity index (χ2n) is 8.64. The van der Waals surface area contributed by atoms with Gasteiger partial charge in [-0.2, -0.15) is 0 Å². The van der Waals surface area contributed by atoms with Crippen molar-refractivity contribution in [3.8, 4) is 0 Å². The number of rotatable bonds is 6. The van der Waals surface area contributed by atoms with Crippen LogP contribution in [0.3, 0.4) is 0 Å². The fraction of sp³-hybridized carbons (Fsp3) is 0.333. The third kappa shape index (κ3) is 4.54. The molecule has 4 atom stereocenters. The van der Waals surface area contributed by atoms with Crippen molar-refractivity contribution < 1.29 is 9.90 Å². The molecule has 1 aromatic heterocycles. The third-order valence-corrected chi connectivity index (χ3v) is 6.63. The maximum Gasteiger partial charge on any atom is 0.253 e. The van der Waals surface area contributed by atoms with Crippen LogP contribution in [0.5, 0.6) is 0 Å². The number of benzene rings is 2. The van der Waals surface area contributed by atoms with Crippen LogP contribution in [-0.2, 0) is 0 Å². The van der Waals surface area contributed by atoms with Crippen LogP contribution in [0.1, 0.15) is 41.8 Å². The molecule has 2 heterocycles. The van der Waals surface area contributed by atoms with E-state index < -0.39 is 6.10 Å². The maximum absolute atomic E-state index is 12.9. The molecule has 1 aliphatic rings. The minimum atomic E-state index is -0.553. The standard InChI is InChI=1S/C27H30N2O2/c1-3-20-18-29(27(31)21-9-5-4-6-10-21)16-14-22(20)17-19(2)26(30)24-13-15-28-25-12-8-7-11-23(24)25/h3-13,15,19-20,22,26,30H,1,14,16-18H2,2H3. The summed E-state index contributed by atoms with van der Waals surface area (Å²) in [6.07, 6.45) is 5.01. The fourth-order valence-electron chi connectivity index (χ4n) is 4.83. The van der Waals surface area contributed by atoms with Gasteiger partial charge in [0, 0.05) is 30.2 Å². The van der Waals surface area contributed by atoms with Gasteiger partial charge in [0.15, 0.2) is 0 Å². The van der Waals surface area contributed by atoms with Gasteiger partial charge in [0.05, 0.1) is 11.6 Å². The van der Waals surface area contributed by atoms with E-state index in [1.807, 2.05) is 71.6 Å². The molecule has 1 fully saturated rings. The molecule has 0 radical (unpaired) electrons. The van der Waals surface area contributed by atoms with Crippen molar-refractivity contribution in [2.24, 2.45) is 17.8 Å². The number of aliphatic hydroxyl groups excluding tert-OH is 1. The molecule has 160 valence electrons.